The number of nitrogens with one attached hydrogen (secondary N) is 1. The molecule has 0 saturated heterocycles. The van der Waals surface area contributed by atoms with E-state index in [1.165, 1.54) is 0 Å². The standard InChI is InChI=1S/C13H15ClN2O/c1-9(8-17)7-16-12-4-5-15-13-6-10(14)2-3-11(12)13/h2-6,9,17H,7-8H2,1H3,(H,15,16). The molecule has 4 heteroatoms. The van der Waals surface area contributed by atoms with Crippen molar-refractivity contribution in [2.24, 2.45) is 5.92 Å². The van der Waals surface area contributed by atoms with Gasteiger partial charge in [-0.15, -0.1) is 0 Å². The normalized spacial score (nSPS) is 12.6. The molecule has 0 spiro atoms. The molecule has 2 aromatic rings. The Morgan fingerprint density at radius 3 is 3.00 bits per heavy atom. The van der Waals surface area contributed by atoms with Crippen LogP contribution in [0.15, 0.2) is 30.5 Å². The molecule has 0 bridgehead atoms. The van der Waals surface area contributed by atoms with E-state index in [0.717, 1.165) is 23.1 Å². The predicted molar refractivity (Wildman–Crippen MR) is 71.5 cm³/mol. The second-order valence-corrected chi connectivity index (χ2v) is 4.63. The molecule has 0 aliphatic rings. The number of benzene rings is 1. The molecule has 3 nitrogen and oxygen atoms in total. The molecular formula is C13H15ClN2O. The Hall–Kier alpha value is -1.32. The van der Waals surface area contributed by atoms with Crippen LogP contribution in [0.4, 0.5) is 5.69 Å². The lowest BCUT2D eigenvalue weighted by atomic mass is 10.1. The van der Waals surface area contributed by atoms with Gasteiger partial charge in [-0.05, 0) is 30.2 Å². The van der Waals surface area contributed by atoms with Crippen molar-refractivity contribution in [2.45, 2.75) is 6.92 Å². The van der Waals surface area contributed by atoms with Crippen molar-refractivity contribution in [3.8, 4) is 0 Å². The molecule has 17 heavy (non-hydrogen) atoms. The fourth-order valence-corrected chi connectivity index (χ4v) is 1.79. The monoisotopic (exact) mass is 250 g/mol. The Bertz CT molecular complexity index is 516. The first-order valence-corrected chi connectivity index (χ1v) is 5.97. The number of anilines is 1. The second-order valence-electron chi connectivity index (χ2n) is 4.19. The number of fused-ring (bicyclic) bond motifs is 1. The molecule has 1 unspecified atom stereocenters. The molecule has 90 valence electrons. The van der Waals surface area contributed by atoms with Crippen LogP contribution in [0.3, 0.4) is 0 Å². The Morgan fingerprint density at radius 2 is 2.24 bits per heavy atom. The van der Waals surface area contributed by atoms with Crippen molar-refractivity contribution in [3.63, 3.8) is 0 Å². The van der Waals surface area contributed by atoms with Crippen LogP contribution in [0, 0.1) is 5.92 Å². The van der Waals surface area contributed by atoms with Crippen LogP contribution in [-0.4, -0.2) is 23.2 Å². The van der Waals surface area contributed by atoms with Gasteiger partial charge in [-0.3, -0.25) is 4.98 Å². The fraction of sp³-hybridized carbons (Fsp3) is 0.308. The van der Waals surface area contributed by atoms with Gasteiger partial charge in [0.2, 0.25) is 0 Å². The number of hydrogen-bond donors (Lipinski definition) is 2. The maximum atomic E-state index is 8.99. The number of nitrogens with zero attached hydrogens (tertiary/aromatic N) is 1. The number of halogens is 1. The molecule has 0 radical (unpaired) electrons. The van der Waals surface area contributed by atoms with E-state index in [0.29, 0.717) is 5.02 Å². The van der Waals surface area contributed by atoms with Gasteiger partial charge in [-0.1, -0.05) is 18.5 Å². The summed E-state index contributed by atoms with van der Waals surface area (Å²) in [5, 5.41) is 14.0. The first-order chi connectivity index (χ1) is 8.20. The molecule has 1 heterocycles. The van der Waals surface area contributed by atoms with E-state index >= 15 is 0 Å². The van der Waals surface area contributed by atoms with E-state index < -0.39 is 0 Å². The third kappa shape index (κ3) is 2.87. The molecule has 0 saturated carbocycles. The maximum Gasteiger partial charge on any atom is 0.0737 e. The van der Waals surface area contributed by atoms with Gasteiger partial charge in [0, 0.05) is 35.4 Å². The van der Waals surface area contributed by atoms with Gasteiger partial charge in [0.05, 0.1) is 5.52 Å². The van der Waals surface area contributed by atoms with Crippen molar-refractivity contribution in [3.05, 3.63) is 35.5 Å². The van der Waals surface area contributed by atoms with Gasteiger partial charge in [-0.2, -0.15) is 0 Å². The summed E-state index contributed by atoms with van der Waals surface area (Å²) in [6, 6.07) is 7.58. The van der Waals surface area contributed by atoms with Crippen LogP contribution in [0.2, 0.25) is 5.02 Å². The van der Waals surface area contributed by atoms with E-state index in [1.54, 1.807) is 6.20 Å². The summed E-state index contributed by atoms with van der Waals surface area (Å²) in [6.45, 7) is 2.91. The lowest BCUT2D eigenvalue weighted by molar-refractivity contribution is 0.244. The number of aliphatic hydroxyl groups excluding tert-OH is 1. The second kappa shape index (κ2) is 5.34. The van der Waals surface area contributed by atoms with E-state index in [-0.39, 0.29) is 12.5 Å². The summed E-state index contributed by atoms with van der Waals surface area (Å²) in [6.07, 6.45) is 1.75. The number of aromatic nitrogens is 1. The quantitative estimate of drug-likeness (QED) is 0.877. The molecular weight excluding hydrogens is 236 g/mol. The largest absolute Gasteiger partial charge is 0.396 e. The van der Waals surface area contributed by atoms with Crippen molar-refractivity contribution in [1.29, 1.82) is 0 Å². The Labute approximate surface area is 105 Å². The Morgan fingerprint density at radius 1 is 1.41 bits per heavy atom. The summed E-state index contributed by atoms with van der Waals surface area (Å²) in [5.74, 6) is 0.227. The smallest absolute Gasteiger partial charge is 0.0737 e. The van der Waals surface area contributed by atoms with Gasteiger partial charge in [0.1, 0.15) is 0 Å². The van der Waals surface area contributed by atoms with Crippen molar-refractivity contribution < 1.29 is 5.11 Å². The van der Waals surface area contributed by atoms with E-state index in [9.17, 15) is 0 Å². The minimum absolute atomic E-state index is 0.182. The zero-order valence-corrected chi connectivity index (χ0v) is 10.4. The highest BCUT2D eigenvalue weighted by Crippen LogP contribution is 2.24. The molecule has 1 atom stereocenters. The van der Waals surface area contributed by atoms with Crippen LogP contribution >= 0.6 is 11.6 Å². The first kappa shape index (κ1) is 12.1. The lowest BCUT2D eigenvalue weighted by Crippen LogP contribution is -2.14. The average Bonchev–Trinajstić information content (AvgIpc) is 2.35. The average molecular weight is 251 g/mol. The summed E-state index contributed by atoms with van der Waals surface area (Å²) in [4.78, 5) is 4.28. The lowest BCUT2D eigenvalue weighted by Gasteiger charge is -2.12. The third-order valence-electron chi connectivity index (χ3n) is 2.66. The number of pyridine rings is 1. The molecule has 2 rings (SSSR count). The van der Waals surface area contributed by atoms with Gasteiger partial charge >= 0.3 is 0 Å². The van der Waals surface area contributed by atoms with Gasteiger partial charge in [0.15, 0.2) is 0 Å². The van der Waals surface area contributed by atoms with E-state index in [1.807, 2.05) is 31.2 Å². The van der Waals surface area contributed by atoms with Crippen LogP contribution in [0.1, 0.15) is 6.92 Å². The zero-order valence-electron chi connectivity index (χ0n) is 9.65. The summed E-state index contributed by atoms with van der Waals surface area (Å²) in [7, 11) is 0. The first-order valence-electron chi connectivity index (χ1n) is 5.59. The van der Waals surface area contributed by atoms with E-state index in [4.69, 9.17) is 16.7 Å². The molecule has 1 aromatic heterocycles. The number of hydrogen-bond acceptors (Lipinski definition) is 3. The Kier molecular flexibility index (Phi) is 3.82. The SMILES string of the molecule is CC(CO)CNc1ccnc2cc(Cl)ccc12. The summed E-state index contributed by atoms with van der Waals surface area (Å²) >= 11 is 5.93. The highest BCUT2D eigenvalue weighted by Gasteiger charge is 2.04. The van der Waals surface area contributed by atoms with Crippen LogP contribution < -0.4 is 5.32 Å². The fourth-order valence-electron chi connectivity index (χ4n) is 1.62. The molecule has 0 fully saturated rings. The summed E-state index contributed by atoms with van der Waals surface area (Å²) in [5.41, 5.74) is 1.89. The maximum absolute atomic E-state index is 8.99. The van der Waals surface area contributed by atoms with Gasteiger partial charge < -0.3 is 10.4 Å². The predicted octanol–water partition coefficient (Wildman–Crippen LogP) is 2.93. The molecule has 1 aromatic carbocycles. The molecule has 0 aliphatic heterocycles. The molecule has 0 aliphatic carbocycles. The van der Waals surface area contributed by atoms with Gasteiger partial charge in [-0.25, -0.2) is 0 Å². The summed E-state index contributed by atoms with van der Waals surface area (Å²) < 4.78 is 0. The zero-order chi connectivity index (χ0) is 12.3. The minimum Gasteiger partial charge on any atom is -0.396 e. The van der Waals surface area contributed by atoms with Crippen LogP contribution in [-0.2, 0) is 0 Å². The van der Waals surface area contributed by atoms with Gasteiger partial charge in [0.25, 0.3) is 0 Å². The van der Waals surface area contributed by atoms with E-state index in [2.05, 4.69) is 10.3 Å². The van der Waals surface area contributed by atoms with Crippen LogP contribution in [0.25, 0.3) is 10.9 Å². The minimum atomic E-state index is 0.182. The van der Waals surface area contributed by atoms with Crippen LogP contribution in [0.5, 0.6) is 0 Å². The highest BCUT2D eigenvalue weighted by atomic mass is 35.5. The highest BCUT2D eigenvalue weighted by molar-refractivity contribution is 6.31. The Balaban J connectivity index is 2.28. The number of rotatable bonds is 4. The molecule has 2 N–H and O–H groups in total. The third-order valence-corrected chi connectivity index (χ3v) is 2.89. The number of aliphatic hydroxyl groups is 1. The van der Waals surface area contributed by atoms with Crippen molar-refractivity contribution >= 4 is 28.2 Å². The van der Waals surface area contributed by atoms with Crippen molar-refractivity contribution in [1.82, 2.24) is 4.98 Å². The topological polar surface area (TPSA) is 45.1 Å². The van der Waals surface area contributed by atoms with Crippen molar-refractivity contribution in [2.75, 3.05) is 18.5 Å². The molecule has 0 amide bonds.